The molecule has 1 aliphatic heterocycles. The summed E-state index contributed by atoms with van der Waals surface area (Å²) >= 11 is 0.655. The molecule has 135 heavy (non-hydrogen) atoms. The van der Waals surface area contributed by atoms with E-state index in [0.29, 0.717) is 46.6 Å². The predicted molar refractivity (Wildman–Crippen MR) is 502 cm³/mol. The average molecular weight is 1890 g/mol. The van der Waals surface area contributed by atoms with Crippen LogP contribution in [0.3, 0.4) is 0 Å². The molecule has 1 unspecified atom stereocenters. The summed E-state index contributed by atoms with van der Waals surface area (Å²) in [5.41, 5.74) is 21.1. The maximum absolute atomic E-state index is 15.4. The number of thioether (sulfide) groups is 1. The minimum Gasteiger partial charge on any atom is -0.508 e. The lowest BCUT2D eigenvalue weighted by molar-refractivity contribution is -0.141. The van der Waals surface area contributed by atoms with E-state index >= 15 is 24.0 Å². The number of aliphatic hydroxyl groups excluding tert-OH is 1. The standard InChI is InChI=1S/C94H132N20O20S/c1-49(2)40-67-84(124)102-66(36-39-97)83(123)106-69(41-55-20-13-11-14-21-55)87(127)113-78(52(7)8)93(133)114-79(54(10)115)94(134)110-73(90(130)100-53(9)80(98)120)47-135-48-74(117)101-65(35-38-96)82(122)105-68(43-57-29-33-61(116)34-30-57)85(125)108-72(45-75(118)119)86(126)107-71(44-60-46-99-63-25-18-17-24-62(60)63)89(129)112-77(51(5)6)92(132)109-70(42-56-27-31-59(32-28-56)58-22-15-12-16-23-58)88(128)111-76(50(3)4)91(131)103-64(26-19-37-95)81(121)104-67/h12,15-18,22-25,27-34,46,49-55,64-73,76-79,99,115-116H,11,13-14,19-21,26,35-37,39-45,47-48,95,97H2,1-10H3,(H2,98,120)(H,100,130)(H,101,117)(H,102,124)(H,103,131)(H,104,121)(H,105,122)(H,106,123)(H,107,126)(H,108,125)(H,109,132)(H,110,134)(H,111,128)(H,112,129)(H,113,127)(H,114,133)(H,118,119)/t53-,54?,64-,65-,66-,67+,68-,69-,70-,71-,72-,73-,76-,77-,78-,79-/m0/s1. The molecule has 25 N–H and O–H groups in total. The van der Waals surface area contributed by atoms with Crippen molar-refractivity contribution < 1.29 is 96.8 Å². The topological polar surface area (TPSA) is 649 Å². The Labute approximate surface area is 788 Å². The summed E-state index contributed by atoms with van der Waals surface area (Å²) < 4.78 is 0. The number of nitriles is 1. The first kappa shape index (κ1) is 109. The molecular weight excluding hydrogens is 1760 g/mol. The number of nitrogens with two attached hydrogens (primary N) is 3. The second kappa shape index (κ2) is 53.7. The molecule has 2 heterocycles. The third kappa shape index (κ3) is 34.4. The second-order valence-corrected chi connectivity index (χ2v) is 36.8. The number of aliphatic hydroxyl groups is 1. The van der Waals surface area contributed by atoms with Crippen molar-refractivity contribution in [1.29, 1.82) is 5.26 Å². The first-order valence-electron chi connectivity index (χ1n) is 45.6. The van der Waals surface area contributed by atoms with Crippen molar-refractivity contribution in [2.75, 3.05) is 24.6 Å². The van der Waals surface area contributed by atoms with E-state index in [0.717, 1.165) is 37.3 Å². The summed E-state index contributed by atoms with van der Waals surface area (Å²) in [5, 5.41) is 81.7. The van der Waals surface area contributed by atoms with Gasteiger partial charge in [0.2, 0.25) is 94.5 Å². The third-order valence-electron chi connectivity index (χ3n) is 23.3. The molecule has 2 fully saturated rings. The molecule has 2 aliphatic rings. The average Bonchev–Trinajstić information content (AvgIpc) is 1.64. The summed E-state index contributed by atoms with van der Waals surface area (Å²) in [4.78, 5) is 251. The molecule has 0 spiro atoms. The fourth-order valence-electron chi connectivity index (χ4n) is 15.6. The molecule has 40 nitrogen and oxygen atoms in total. The Morgan fingerprint density at radius 2 is 0.911 bits per heavy atom. The van der Waals surface area contributed by atoms with E-state index in [1.165, 1.54) is 31.2 Å². The first-order chi connectivity index (χ1) is 64.1. The number of hydrogen-bond acceptors (Lipinski definition) is 23. The van der Waals surface area contributed by atoms with Crippen LogP contribution >= 0.6 is 11.8 Å². The highest BCUT2D eigenvalue weighted by atomic mass is 32.2. The van der Waals surface area contributed by atoms with Gasteiger partial charge in [-0.1, -0.05) is 172 Å². The number of nitrogens with zero attached hydrogens (tertiary/aromatic N) is 1. The first-order valence-corrected chi connectivity index (χ1v) is 46.8. The molecule has 5 aromatic rings. The van der Waals surface area contributed by atoms with Gasteiger partial charge in [-0.05, 0) is 135 Å². The van der Waals surface area contributed by atoms with Gasteiger partial charge in [0.25, 0.3) is 0 Å². The molecule has 1 aromatic heterocycles. The lowest BCUT2D eigenvalue weighted by atomic mass is 9.84. The number of aliphatic carboxylic acids is 1. The Hall–Kier alpha value is -13.1. The van der Waals surface area contributed by atoms with Crippen LogP contribution in [0.25, 0.3) is 22.0 Å². The Morgan fingerprint density at radius 3 is 1.44 bits per heavy atom. The molecule has 0 radical (unpaired) electrons. The highest BCUT2D eigenvalue weighted by molar-refractivity contribution is 8.00. The van der Waals surface area contributed by atoms with Crippen LogP contribution in [0.15, 0.2) is 109 Å². The van der Waals surface area contributed by atoms with E-state index in [1.54, 1.807) is 116 Å². The van der Waals surface area contributed by atoms with Gasteiger partial charge in [-0.3, -0.25) is 81.5 Å². The largest absolute Gasteiger partial charge is 0.508 e. The highest BCUT2D eigenvalue weighted by Crippen LogP contribution is 2.29. The number of primary amides is 1. The zero-order valence-corrected chi connectivity index (χ0v) is 78.6. The summed E-state index contributed by atoms with van der Waals surface area (Å²) in [6.07, 6.45) is 0.433. The molecule has 7 rings (SSSR count). The van der Waals surface area contributed by atoms with Crippen molar-refractivity contribution in [3.8, 4) is 22.9 Å². The van der Waals surface area contributed by atoms with Crippen molar-refractivity contribution in [3.05, 3.63) is 126 Å². The highest BCUT2D eigenvalue weighted by Gasteiger charge is 2.42. The van der Waals surface area contributed by atoms with Gasteiger partial charge in [0.15, 0.2) is 0 Å². The number of nitrogens with one attached hydrogen (secondary N) is 16. The molecule has 16 amide bonds. The van der Waals surface area contributed by atoms with E-state index in [1.807, 2.05) is 30.3 Å². The monoisotopic (exact) mass is 1890 g/mol. The number of carboxylic acid groups (broad SMARTS) is 1. The number of aromatic amines is 1. The smallest absolute Gasteiger partial charge is 0.305 e. The normalized spacial score (nSPS) is 24.4. The van der Waals surface area contributed by atoms with Gasteiger partial charge in [0, 0.05) is 42.1 Å². The summed E-state index contributed by atoms with van der Waals surface area (Å²) in [6.45, 7) is 15.2. The number of phenolic OH excluding ortho intramolecular Hbond substituents is 1. The lowest BCUT2D eigenvalue weighted by Gasteiger charge is -2.31. The van der Waals surface area contributed by atoms with Crippen LogP contribution in [0.1, 0.15) is 163 Å². The summed E-state index contributed by atoms with van der Waals surface area (Å²) in [5.74, 6) is -22.2. The van der Waals surface area contributed by atoms with Gasteiger partial charge in [-0.15, -0.1) is 11.8 Å². The Kier molecular flexibility index (Phi) is 43.4. The van der Waals surface area contributed by atoms with Crippen LogP contribution in [-0.4, -0.2) is 242 Å². The number of aromatic nitrogens is 1. The van der Waals surface area contributed by atoms with Gasteiger partial charge in [-0.25, -0.2) is 0 Å². The minimum atomic E-state index is -2.09. The zero-order chi connectivity index (χ0) is 99.4. The SMILES string of the molecule is CC(C)C[C@H]1NC(=O)[C@H](CCCN)NC(=O)[C@H](C(C)C)NC(=O)[C@H](Cc2ccc(-c3ccccc3)cc2)NC(=O)[C@H](C(C)C)NC(=O)[C@H](Cc2c[nH]c3ccccc23)NC(=O)[C@H](CC(=O)O)NC(=O)[C@H](Cc2ccc(O)cc2)NC(=O)[C@H](CC#N)NC(=O)CSC[C@@H](C(=O)N[C@@H](C)C(N)=O)NC(=O)[C@H](C(C)O)NC(=O)[C@H](C(C)C)NC(=O)[C@H](CC2CCCCC2)NC(=O)[C@H](CCN)NC1=O. The number of carbonyl (C=O) groups is 17. The van der Waals surface area contributed by atoms with Crippen molar-refractivity contribution >= 4 is 123 Å². The van der Waals surface area contributed by atoms with Crippen molar-refractivity contribution in [2.45, 2.75) is 262 Å². The van der Waals surface area contributed by atoms with Crippen LogP contribution < -0.4 is 97.0 Å². The Balaban J connectivity index is 1.32. The number of fused-ring (bicyclic) bond motifs is 1. The van der Waals surface area contributed by atoms with Gasteiger partial charge in [-0.2, -0.15) is 5.26 Å². The number of rotatable bonds is 26. The molecule has 1 saturated heterocycles. The third-order valence-corrected chi connectivity index (χ3v) is 24.3. The second-order valence-electron chi connectivity index (χ2n) is 35.8. The van der Waals surface area contributed by atoms with Crippen molar-refractivity contribution in [1.82, 2.24) is 84.7 Å². The molecular formula is C94H132N20O20S. The van der Waals surface area contributed by atoms with Crippen LogP contribution in [0.4, 0.5) is 0 Å². The van der Waals surface area contributed by atoms with E-state index in [-0.39, 0.29) is 81.2 Å². The molecule has 16 atom stereocenters. The summed E-state index contributed by atoms with van der Waals surface area (Å²) in [6, 6.07) is 6.05. The van der Waals surface area contributed by atoms with Crippen LogP contribution in [0.5, 0.6) is 5.75 Å². The van der Waals surface area contributed by atoms with Crippen LogP contribution in [-0.2, 0) is 101 Å². The fraction of sp³-hybridized carbons (Fsp3) is 0.532. The number of aromatic hydroxyl groups is 1. The molecule has 1 saturated carbocycles. The number of para-hydroxylation sites is 1. The zero-order valence-electron chi connectivity index (χ0n) is 77.8. The number of carboxylic acids is 1. The predicted octanol–water partition coefficient (Wildman–Crippen LogP) is -0.0662. The van der Waals surface area contributed by atoms with E-state index in [2.05, 4.69) is 84.7 Å². The molecule has 1 aliphatic carbocycles. The number of amides is 16. The molecule has 41 heteroatoms. The Bertz CT molecular complexity index is 4970. The molecule has 734 valence electrons. The maximum Gasteiger partial charge on any atom is 0.305 e. The quantitative estimate of drug-likeness (QED) is 0.0345. The lowest BCUT2D eigenvalue weighted by Crippen LogP contribution is -2.63. The number of hydrogen-bond donors (Lipinski definition) is 22. The summed E-state index contributed by atoms with van der Waals surface area (Å²) in [7, 11) is 0. The number of benzene rings is 4. The van der Waals surface area contributed by atoms with Crippen molar-refractivity contribution in [3.63, 3.8) is 0 Å². The van der Waals surface area contributed by atoms with Gasteiger partial charge in [0.05, 0.1) is 30.8 Å². The number of carbonyl (C=O) groups excluding carboxylic acids is 16. The van der Waals surface area contributed by atoms with Crippen molar-refractivity contribution in [2.24, 2.45) is 46.8 Å². The van der Waals surface area contributed by atoms with E-state index < -0.39 is 246 Å². The Morgan fingerprint density at radius 1 is 0.474 bits per heavy atom. The molecule has 4 aromatic carbocycles. The van der Waals surface area contributed by atoms with Gasteiger partial charge >= 0.3 is 5.97 Å². The van der Waals surface area contributed by atoms with Gasteiger partial charge < -0.3 is 117 Å². The fourth-order valence-corrected chi connectivity index (χ4v) is 16.5. The number of phenols is 1. The van der Waals surface area contributed by atoms with Gasteiger partial charge in [0.1, 0.15) is 96.4 Å². The van der Waals surface area contributed by atoms with E-state index in [4.69, 9.17) is 17.2 Å². The minimum absolute atomic E-state index is 0.0246. The molecule has 0 bridgehead atoms. The van der Waals surface area contributed by atoms with Crippen LogP contribution in [0.2, 0.25) is 0 Å². The van der Waals surface area contributed by atoms with Crippen LogP contribution in [0, 0.1) is 40.9 Å². The number of H-pyrrole nitrogens is 1. The maximum atomic E-state index is 15.4. The van der Waals surface area contributed by atoms with E-state index in [9.17, 15) is 78.1 Å².